The van der Waals surface area contributed by atoms with Crippen molar-refractivity contribution < 1.29 is 14.6 Å². The van der Waals surface area contributed by atoms with Crippen molar-refractivity contribution >= 4 is 40.0 Å². The number of benzene rings is 1. The van der Waals surface area contributed by atoms with E-state index in [-0.39, 0.29) is 23.6 Å². The Labute approximate surface area is 191 Å². The summed E-state index contributed by atoms with van der Waals surface area (Å²) in [7, 11) is 0. The molecule has 0 amide bonds. The maximum absolute atomic E-state index is 13.2. The fourth-order valence-electron chi connectivity index (χ4n) is 5.04. The summed E-state index contributed by atoms with van der Waals surface area (Å²) in [5, 5.41) is 11.0. The largest absolute Gasteiger partial charge is 0.462 e. The van der Waals surface area contributed by atoms with Gasteiger partial charge >= 0.3 is 5.97 Å². The minimum Gasteiger partial charge on any atom is -0.462 e. The van der Waals surface area contributed by atoms with Gasteiger partial charge in [0.2, 0.25) is 5.43 Å². The first-order valence-corrected chi connectivity index (χ1v) is 12.3. The van der Waals surface area contributed by atoms with E-state index >= 15 is 0 Å². The number of rotatable bonds is 4. The average Bonchev–Trinajstić information content (AvgIpc) is 3.60. The Bertz CT molecular complexity index is 1200. The molecule has 3 heterocycles. The van der Waals surface area contributed by atoms with Gasteiger partial charge in [-0.1, -0.05) is 0 Å². The van der Waals surface area contributed by atoms with Crippen LogP contribution in [-0.2, 0) is 4.74 Å². The number of nitrogens with two attached hydrogens (primary N) is 1. The lowest BCUT2D eigenvalue weighted by Crippen LogP contribution is -2.37. The van der Waals surface area contributed by atoms with Gasteiger partial charge in [0, 0.05) is 36.5 Å². The van der Waals surface area contributed by atoms with Crippen LogP contribution in [-0.4, -0.2) is 47.2 Å². The zero-order valence-corrected chi connectivity index (χ0v) is 19.3. The van der Waals surface area contributed by atoms with Crippen LogP contribution in [0.25, 0.3) is 10.9 Å². The summed E-state index contributed by atoms with van der Waals surface area (Å²) in [6.07, 6.45) is 4.98. The van der Waals surface area contributed by atoms with Crippen molar-refractivity contribution in [3.8, 4) is 0 Å². The Hall–Kier alpha value is -2.45. The molecule has 2 aromatic rings. The first-order chi connectivity index (χ1) is 15.4. The number of hydrogen-bond acceptors (Lipinski definition) is 7. The van der Waals surface area contributed by atoms with E-state index in [1.165, 1.54) is 4.91 Å². The molecule has 5 rings (SSSR count). The Balaban J connectivity index is 1.66. The summed E-state index contributed by atoms with van der Waals surface area (Å²) >= 11 is 1.86. The number of nitrogen functional groups attached to an aromatic ring is 1. The van der Waals surface area contributed by atoms with Gasteiger partial charge in [0.25, 0.3) is 0 Å². The van der Waals surface area contributed by atoms with Gasteiger partial charge in [-0.15, -0.1) is 11.8 Å². The molecule has 1 saturated carbocycles. The summed E-state index contributed by atoms with van der Waals surface area (Å²) in [4.78, 5) is 29.2. The van der Waals surface area contributed by atoms with E-state index in [2.05, 4.69) is 9.47 Å². The number of carbonyl (C=O) groups excluding carboxylic acids is 1. The van der Waals surface area contributed by atoms with Crippen molar-refractivity contribution in [3.63, 3.8) is 0 Å². The summed E-state index contributed by atoms with van der Waals surface area (Å²) in [6.45, 7) is 5.43. The Morgan fingerprint density at radius 1 is 1.34 bits per heavy atom. The quantitative estimate of drug-likeness (QED) is 0.539. The van der Waals surface area contributed by atoms with Gasteiger partial charge in [-0.2, -0.15) is 0 Å². The molecule has 3 aliphatic rings. The Morgan fingerprint density at radius 2 is 2.12 bits per heavy atom. The molecule has 1 fully saturated rings. The number of esters is 1. The second-order valence-electron chi connectivity index (χ2n) is 8.84. The molecule has 8 heteroatoms. The lowest BCUT2D eigenvalue weighted by Gasteiger charge is -2.38. The van der Waals surface area contributed by atoms with E-state index in [0.717, 1.165) is 60.3 Å². The first kappa shape index (κ1) is 21.4. The van der Waals surface area contributed by atoms with Gasteiger partial charge in [-0.25, -0.2) is 4.79 Å². The van der Waals surface area contributed by atoms with Gasteiger partial charge in [0.1, 0.15) is 5.56 Å². The van der Waals surface area contributed by atoms with Crippen molar-refractivity contribution in [2.45, 2.75) is 51.7 Å². The molecular weight excluding hydrogens is 426 g/mol. The van der Waals surface area contributed by atoms with Crippen LogP contribution in [0.1, 0.15) is 54.6 Å². The number of carbonyl (C=O) groups is 1. The van der Waals surface area contributed by atoms with Crippen molar-refractivity contribution in [2.75, 3.05) is 36.1 Å². The van der Waals surface area contributed by atoms with Gasteiger partial charge in [0.15, 0.2) is 0 Å². The highest BCUT2D eigenvalue weighted by Crippen LogP contribution is 2.43. The molecule has 0 saturated heterocycles. The maximum atomic E-state index is 13.2. The molecule has 32 heavy (non-hydrogen) atoms. The number of aliphatic hydroxyl groups excluding tert-OH is 1. The molecule has 1 unspecified atom stereocenters. The second-order valence-corrected chi connectivity index (χ2v) is 10.0. The smallest absolute Gasteiger partial charge is 0.343 e. The van der Waals surface area contributed by atoms with E-state index in [0.29, 0.717) is 17.6 Å². The molecule has 2 aliphatic heterocycles. The van der Waals surface area contributed by atoms with Gasteiger partial charge in [-0.3, -0.25) is 4.79 Å². The van der Waals surface area contributed by atoms with Crippen LogP contribution >= 0.6 is 11.8 Å². The lowest BCUT2D eigenvalue weighted by molar-refractivity contribution is 0.0524. The van der Waals surface area contributed by atoms with Crippen LogP contribution in [0.15, 0.2) is 27.5 Å². The van der Waals surface area contributed by atoms with Gasteiger partial charge < -0.3 is 25.0 Å². The normalized spacial score (nSPS) is 21.1. The maximum Gasteiger partial charge on any atom is 0.343 e. The monoisotopic (exact) mass is 455 g/mol. The van der Waals surface area contributed by atoms with Crippen molar-refractivity contribution in [2.24, 2.45) is 0 Å². The molecule has 0 radical (unpaired) electrons. The summed E-state index contributed by atoms with van der Waals surface area (Å²) in [6, 6.07) is 1.99. The molecule has 1 atom stereocenters. The highest BCUT2D eigenvalue weighted by molar-refractivity contribution is 8.03. The number of aromatic nitrogens is 1. The Kier molecular flexibility index (Phi) is 5.45. The summed E-state index contributed by atoms with van der Waals surface area (Å²) < 4.78 is 7.20. The highest BCUT2D eigenvalue weighted by atomic mass is 32.2. The molecule has 170 valence electrons. The van der Waals surface area contributed by atoms with Crippen LogP contribution in [0, 0.1) is 6.92 Å². The molecule has 1 aromatic carbocycles. The molecule has 1 aromatic heterocycles. The van der Waals surface area contributed by atoms with Crippen LogP contribution in [0.2, 0.25) is 0 Å². The number of thioether (sulfide) groups is 1. The van der Waals surface area contributed by atoms with E-state index in [1.807, 2.05) is 18.7 Å². The Morgan fingerprint density at radius 3 is 2.84 bits per heavy atom. The lowest BCUT2D eigenvalue weighted by atomic mass is 9.98. The molecule has 0 spiro atoms. The average molecular weight is 456 g/mol. The third-order valence-electron chi connectivity index (χ3n) is 6.70. The minimum atomic E-state index is -0.589. The number of hydrogen-bond donors (Lipinski definition) is 2. The fourth-order valence-corrected chi connectivity index (χ4v) is 6.24. The minimum absolute atomic E-state index is 0.0629. The summed E-state index contributed by atoms with van der Waals surface area (Å²) in [5.41, 5.74) is 10.6. The van der Waals surface area contributed by atoms with Gasteiger partial charge in [-0.05, 0) is 61.6 Å². The zero-order valence-electron chi connectivity index (χ0n) is 18.5. The van der Waals surface area contributed by atoms with Crippen LogP contribution in [0.3, 0.4) is 0 Å². The van der Waals surface area contributed by atoms with E-state index in [1.54, 1.807) is 19.2 Å². The van der Waals surface area contributed by atoms with Gasteiger partial charge in [0.05, 0.1) is 29.6 Å². The molecule has 7 nitrogen and oxygen atoms in total. The predicted molar refractivity (Wildman–Crippen MR) is 129 cm³/mol. The molecule has 0 bridgehead atoms. The number of nitrogens with zero attached hydrogens (tertiary/aromatic N) is 2. The number of aryl methyl sites for hydroxylation is 1. The number of aliphatic hydroxyl groups is 1. The van der Waals surface area contributed by atoms with Crippen LogP contribution in [0.4, 0.5) is 11.4 Å². The SMILES string of the molecule is CCOC(=O)c1cn(C2CC2)c2c(C)c(N3CCC4=C(C3)C(O)CCS4)c(N)cc2c1=O. The molecule has 1 aliphatic carbocycles. The van der Waals surface area contributed by atoms with E-state index in [4.69, 9.17) is 10.5 Å². The third-order valence-corrected chi connectivity index (χ3v) is 7.96. The molecular formula is C24H29N3O4S. The predicted octanol–water partition coefficient (Wildman–Crippen LogP) is 3.37. The standard InChI is InChI=1S/C24H29N3O4S/c1-3-31-24(30)17-12-27(14-4-5-14)21-13(2)22(18(25)10-15(21)23(17)29)26-8-6-20-16(11-26)19(28)7-9-32-20/h10,12,14,19,28H,3-9,11,25H2,1-2H3. The first-order valence-electron chi connectivity index (χ1n) is 11.3. The fraction of sp³-hybridized carbons (Fsp3) is 0.500. The number of anilines is 2. The topological polar surface area (TPSA) is 97.8 Å². The van der Waals surface area contributed by atoms with Crippen LogP contribution < -0.4 is 16.1 Å². The van der Waals surface area contributed by atoms with Crippen molar-refractivity contribution in [3.05, 3.63) is 44.1 Å². The second kappa shape index (κ2) is 8.15. The van der Waals surface area contributed by atoms with Crippen molar-refractivity contribution in [1.82, 2.24) is 4.57 Å². The third kappa shape index (κ3) is 3.49. The molecule has 3 N–H and O–H groups in total. The zero-order chi connectivity index (χ0) is 22.6. The van der Waals surface area contributed by atoms with Crippen molar-refractivity contribution in [1.29, 1.82) is 0 Å². The van der Waals surface area contributed by atoms with Crippen LogP contribution in [0.5, 0.6) is 0 Å². The highest BCUT2D eigenvalue weighted by Gasteiger charge is 2.32. The number of pyridine rings is 1. The van der Waals surface area contributed by atoms with E-state index in [9.17, 15) is 14.7 Å². The summed E-state index contributed by atoms with van der Waals surface area (Å²) in [5.74, 6) is 0.376. The number of ether oxygens (including phenoxy) is 1. The number of fused-ring (bicyclic) bond motifs is 1. The van der Waals surface area contributed by atoms with E-state index < -0.39 is 12.1 Å².